The summed E-state index contributed by atoms with van der Waals surface area (Å²) in [6.45, 7) is 10.1. The van der Waals surface area contributed by atoms with Crippen molar-refractivity contribution in [2.24, 2.45) is 5.92 Å². The van der Waals surface area contributed by atoms with Crippen LogP contribution in [0.1, 0.15) is 20.8 Å². The van der Waals surface area contributed by atoms with Crippen LogP contribution in [-0.4, -0.2) is 23.7 Å². The Kier molecular flexibility index (Phi) is 4.59. The molecule has 0 radical (unpaired) electrons. The molecule has 0 rings (SSSR count). The summed E-state index contributed by atoms with van der Waals surface area (Å²) < 4.78 is 0. The number of aliphatic carboxylic acids is 1. The van der Waals surface area contributed by atoms with E-state index >= 15 is 0 Å². The molecule has 0 aliphatic heterocycles. The molecule has 0 saturated carbocycles. The van der Waals surface area contributed by atoms with E-state index in [1.165, 1.54) is 0 Å². The summed E-state index contributed by atoms with van der Waals surface area (Å²) in [7, 11) is 0. The molecule has 1 unspecified atom stereocenters. The van der Waals surface area contributed by atoms with Gasteiger partial charge in [0.2, 0.25) is 0 Å². The van der Waals surface area contributed by atoms with Gasteiger partial charge in [0, 0.05) is 0 Å². The average Bonchev–Trinajstić information content (AvgIpc) is 1.84. The van der Waals surface area contributed by atoms with Gasteiger partial charge in [0.25, 0.3) is 0 Å². The molecule has 0 aromatic rings. The first-order valence-corrected chi connectivity index (χ1v) is 4.06. The minimum atomic E-state index is -0.858. The number of rotatable bonds is 5. The quantitative estimate of drug-likeness (QED) is 0.612. The van der Waals surface area contributed by atoms with E-state index in [0.717, 1.165) is 0 Å². The van der Waals surface area contributed by atoms with Crippen molar-refractivity contribution in [2.75, 3.05) is 6.54 Å². The summed E-state index contributed by atoms with van der Waals surface area (Å²) in [4.78, 5) is 10.6. The number of hydrogen-bond acceptors (Lipinski definition) is 2. The molecule has 70 valence electrons. The fourth-order valence-corrected chi connectivity index (χ4v) is 0.826. The Morgan fingerprint density at radius 3 is 2.33 bits per heavy atom. The van der Waals surface area contributed by atoms with E-state index in [-0.39, 0.29) is 0 Å². The lowest BCUT2D eigenvalue weighted by Gasteiger charge is -2.15. The highest BCUT2D eigenvalue weighted by molar-refractivity contribution is 5.77. The molecule has 0 aliphatic rings. The van der Waals surface area contributed by atoms with Gasteiger partial charge in [-0.3, -0.25) is 4.79 Å². The normalized spacial score (nSPS) is 13.0. The molecule has 0 heterocycles. The Labute approximate surface area is 73.5 Å². The van der Waals surface area contributed by atoms with E-state index in [9.17, 15) is 4.79 Å². The van der Waals surface area contributed by atoms with Crippen molar-refractivity contribution in [1.82, 2.24) is 5.32 Å². The third kappa shape index (κ3) is 4.13. The molecule has 12 heavy (non-hydrogen) atoms. The van der Waals surface area contributed by atoms with Crippen LogP contribution < -0.4 is 5.32 Å². The smallest absolute Gasteiger partial charge is 0.324 e. The van der Waals surface area contributed by atoms with Crippen LogP contribution in [0.5, 0.6) is 0 Å². The zero-order chi connectivity index (χ0) is 9.72. The summed E-state index contributed by atoms with van der Waals surface area (Å²) in [6, 6.07) is -0.604. The Morgan fingerprint density at radius 1 is 1.58 bits per heavy atom. The molecule has 0 spiro atoms. The predicted molar refractivity (Wildman–Crippen MR) is 49.1 cm³/mol. The van der Waals surface area contributed by atoms with Gasteiger partial charge in [-0.05, 0) is 19.4 Å². The van der Waals surface area contributed by atoms with Crippen molar-refractivity contribution in [3.63, 3.8) is 0 Å². The van der Waals surface area contributed by atoms with Gasteiger partial charge in [-0.2, -0.15) is 0 Å². The molecule has 0 aromatic heterocycles. The fraction of sp³-hybridized carbons (Fsp3) is 0.667. The second-order valence-electron chi connectivity index (χ2n) is 3.42. The van der Waals surface area contributed by atoms with Crippen LogP contribution in [-0.2, 0) is 4.79 Å². The van der Waals surface area contributed by atoms with Crippen LogP contribution in [0.15, 0.2) is 12.2 Å². The van der Waals surface area contributed by atoms with Gasteiger partial charge >= 0.3 is 5.97 Å². The summed E-state index contributed by atoms with van der Waals surface area (Å²) >= 11 is 0. The number of hydrogen-bond donors (Lipinski definition) is 2. The van der Waals surface area contributed by atoms with Gasteiger partial charge in [-0.15, -0.1) is 0 Å². The highest BCUT2D eigenvalue weighted by atomic mass is 16.4. The summed E-state index contributed by atoms with van der Waals surface area (Å²) in [5.41, 5.74) is 0.642. The zero-order valence-corrected chi connectivity index (χ0v) is 7.92. The number of carboxylic acids is 1. The second-order valence-corrected chi connectivity index (χ2v) is 3.42. The maximum atomic E-state index is 10.6. The van der Waals surface area contributed by atoms with Crippen LogP contribution in [0.2, 0.25) is 0 Å². The van der Waals surface area contributed by atoms with Crippen LogP contribution in [0.3, 0.4) is 0 Å². The molecule has 0 amide bonds. The Bertz CT molecular complexity index is 161. The lowest BCUT2D eigenvalue weighted by molar-refractivity contribution is -0.138. The SMILES string of the molecule is C=C(C)C(NCC(C)C)C(=O)O. The topological polar surface area (TPSA) is 49.3 Å². The number of nitrogens with one attached hydrogen (secondary N) is 1. The minimum absolute atomic E-state index is 0.450. The molecule has 0 saturated heterocycles. The van der Waals surface area contributed by atoms with E-state index in [1.54, 1.807) is 6.92 Å². The fourth-order valence-electron chi connectivity index (χ4n) is 0.826. The number of carboxylic acid groups (broad SMARTS) is 1. The molecular formula is C9H17NO2. The van der Waals surface area contributed by atoms with Gasteiger partial charge in [-0.25, -0.2) is 0 Å². The van der Waals surface area contributed by atoms with Gasteiger partial charge in [-0.1, -0.05) is 26.0 Å². The monoisotopic (exact) mass is 171 g/mol. The molecule has 0 aromatic carbocycles. The standard InChI is InChI=1S/C9H17NO2/c1-6(2)5-10-8(7(3)4)9(11)12/h6,8,10H,3,5H2,1-2,4H3,(H,11,12). The van der Waals surface area contributed by atoms with Crippen molar-refractivity contribution in [1.29, 1.82) is 0 Å². The summed E-state index contributed by atoms with van der Waals surface area (Å²) in [5.74, 6) is -0.408. The Morgan fingerprint density at radius 2 is 2.08 bits per heavy atom. The largest absolute Gasteiger partial charge is 0.480 e. The first-order valence-electron chi connectivity index (χ1n) is 4.06. The molecule has 0 fully saturated rings. The number of carbonyl (C=O) groups is 1. The van der Waals surface area contributed by atoms with E-state index in [4.69, 9.17) is 5.11 Å². The molecule has 3 heteroatoms. The van der Waals surface area contributed by atoms with Gasteiger partial charge in [0.1, 0.15) is 6.04 Å². The molecule has 3 nitrogen and oxygen atoms in total. The second kappa shape index (κ2) is 4.93. The maximum absolute atomic E-state index is 10.6. The summed E-state index contributed by atoms with van der Waals surface area (Å²) in [6.07, 6.45) is 0. The van der Waals surface area contributed by atoms with Crippen LogP contribution in [0.4, 0.5) is 0 Å². The average molecular weight is 171 g/mol. The van der Waals surface area contributed by atoms with E-state index in [2.05, 4.69) is 11.9 Å². The molecule has 1 atom stereocenters. The minimum Gasteiger partial charge on any atom is -0.480 e. The molecule has 0 aliphatic carbocycles. The van der Waals surface area contributed by atoms with Crippen LogP contribution in [0.25, 0.3) is 0 Å². The van der Waals surface area contributed by atoms with E-state index in [0.29, 0.717) is 18.0 Å². The first-order chi connectivity index (χ1) is 5.45. The van der Waals surface area contributed by atoms with Crippen molar-refractivity contribution in [3.8, 4) is 0 Å². The van der Waals surface area contributed by atoms with Crippen LogP contribution in [0, 0.1) is 5.92 Å². The lowest BCUT2D eigenvalue weighted by Crippen LogP contribution is -2.39. The van der Waals surface area contributed by atoms with E-state index < -0.39 is 12.0 Å². The van der Waals surface area contributed by atoms with Gasteiger partial charge in [0.05, 0.1) is 0 Å². The highest BCUT2D eigenvalue weighted by Crippen LogP contribution is 1.99. The van der Waals surface area contributed by atoms with Crippen molar-refractivity contribution >= 4 is 5.97 Å². The predicted octanol–water partition coefficient (Wildman–Crippen LogP) is 1.26. The van der Waals surface area contributed by atoms with Crippen molar-refractivity contribution in [2.45, 2.75) is 26.8 Å². The Hall–Kier alpha value is -0.830. The lowest BCUT2D eigenvalue weighted by atomic mass is 10.1. The van der Waals surface area contributed by atoms with Crippen molar-refractivity contribution < 1.29 is 9.90 Å². The first kappa shape index (κ1) is 11.2. The summed E-state index contributed by atoms with van der Waals surface area (Å²) in [5, 5.41) is 11.7. The third-order valence-corrected chi connectivity index (χ3v) is 1.47. The Balaban J connectivity index is 3.97. The molecular weight excluding hydrogens is 154 g/mol. The molecule has 0 bridgehead atoms. The van der Waals surface area contributed by atoms with E-state index in [1.807, 2.05) is 13.8 Å². The molecule has 2 N–H and O–H groups in total. The van der Waals surface area contributed by atoms with Gasteiger partial charge in [0.15, 0.2) is 0 Å². The highest BCUT2D eigenvalue weighted by Gasteiger charge is 2.16. The van der Waals surface area contributed by atoms with Crippen LogP contribution >= 0.6 is 0 Å². The van der Waals surface area contributed by atoms with Crippen molar-refractivity contribution in [3.05, 3.63) is 12.2 Å². The maximum Gasteiger partial charge on any atom is 0.324 e. The zero-order valence-electron chi connectivity index (χ0n) is 7.92. The third-order valence-electron chi connectivity index (χ3n) is 1.47. The van der Waals surface area contributed by atoms with Gasteiger partial charge < -0.3 is 10.4 Å².